The van der Waals surface area contributed by atoms with Crippen LogP contribution in [-0.4, -0.2) is 55.2 Å². The van der Waals surface area contributed by atoms with Crippen molar-refractivity contribution in [1.29, 1.82) is 5.26 Å². The summed E-state index contributed by atoms with van der Waals surface area (Å²) in [6.45, 7) is 4.53. The third kappa shape index (κ3) is 3.21. The lowest BCUT2D eigenvalue weighted by Crippen LogP contribution is -2.55. The Morgan fingerprint density at radius 3 is 2.81 bits per heavy atom. The fourth-order valence-electron chi connectivity index (χ4n) is 4.81. The molecule has 26 heavy (non-hydrogen) atoms. The number of rotatable bonds is 2. The number of carbonyl (C=O) groups excluding carboxylic acids is 1. The van der Waals surface area contributed by atoms with E-state index in [0.29, 0.717) is 32.6 Å². The number of nitriles is 1. The van der Waals surface area contributed by atoms with Crippen molar-refractivity contribution in [1.82, 2.24) is 9.88 Å². The number of carbonyl (C=O) groups is 1. The number of nitrogens with zero attached hydrogens (tertiary/aromatic N) is 4. The average Bonchev–Trinajstić information content (AvgIpc) is 3.33. The first kappa shape index (κ1) is 17.7. The van der Waals surface area contributed by atoms with Gasteiger partial charge in [0.25, 0.3) is 0 Å². The van der Waals surface area contributed by atoms with Crippen molar-refractivity contribution >= 4 is 22.4 Å². The summed E-state index contributed by atoms with van der Waals surface area (Å²) in [7, 11) is 0. The van der Waals surface area contributed by atoms with Crippen LogP contribution in [0.15, 0.2) is 11.6 Å². The number of hydrogen-bond donors (Lipinski definition) is 0. The molecule has 1 aromatic heterocycles. The predicted molar refractivity (Wildman–Crippen MR) is 99.9 cm³/mol. The molecule has 1 spiro atoms. The minimum Gasteiger partial charge on any atom is -0.379 e. The molecule has 2 saturated heterocycles. The SMILES string of the molecule is N#CC1(C(=O)N2CCCC3(COCCN(c4nccs4)C3)C2)CCCC1. The Hall–Kier alpha value is -1.65. The second-order valence-electron chi connectivity index (χ2n) is 8.02. The van der Waals surface area contributed by atoms with E-state index >= 15 is 0 Å². The second-order valence-corrected chi connectivity index (χ2v) is 8.89. The molecule has 1 unspecified atom stereocenters. The van der Waals surface area contributed by atoms with Crippen molar-refractivity contribution in [3.8, 4) is 6.07 Å². The lowest BCUT2D eigenvalue weighted by atomic mass is 9.78. The van der Waals surface area contributed by atoms with Crippen LogP contribution in [0.25, 0.3) is 0 Å². The van der Waals surface area contributed by atoms with E-state index in [-0.39, 0.29) is 11.3 Å². The van der Waals surface area contributed by atoms with Crippen molar-refractivity contribution < 1.29 is 9.53 Å². The summed E-state index contributed by atoms with van der Waals surface area (Å²) in [5, 5.41) is 12.7. The first-order valence-corrected chi connectivity index (χ1v) is 10.5. The van der Waals surface area contributed by atoms with Gasteiger partial charge in [-0.1, -0.05) is 12.8 Å². The molecule has 0 aromatic carbocycles. The zero-order valence-corrected chi connectivity index (χ0v) is 16.0. The fraction of sp³-hybridized carbons (Fsp3) is 0.737. The van der Waals surface area contributed by atoms with Crippen molar-refractivity contribution in [3.05, 3.63) is 11.6 Å². The molecule has 0 N–H and O–H groups in total. The highest BCUT2D eigenvalue weighted by atomic mass is 32.1. The lowest BCUT2D eigenvalue weighted by Gasteiger charge is -2.45. The largest absolute Gasteiger partial charge is 0.379 e. The van der Waals surface area contributed by atoms with E-state index in [1.807, 2.05) is 16.5 Å². The number of amides is 1. The maximum absolute atomic E-state index is 13.2. The van der Waals surface area contributed by atoms with Crippen molar-refractivity contribution in [2.75, 3.05) is 44.3 Å². The normalized spacial score (nSPS) is 28.7. The molecule has 3 fully saturated rings. The van der Waals surface area contributed by atoms with Crippen LogP contribution in [0.1, 0.15) is 38.5 Å². The highest BCUT2D eigenvalue weighted by Crippen LogP contribution is 2.42. The molecule has 1 amide bonds. The van der Waals surface area contributed by atoms with Crippen LogP contribution in [0.3, 0.4) is 0 Å². The van der Waals surface area contributed by atoms with Gasteiger partial charge in [0, 0.05) is 43.2 Å². The lowest BCUT2D eigenvalue weighted by molar-refractivity contribution is -0.143. The van der Waals surface area contributed by atoms with E-state index in [2.05, 4.69) is 16.0 Å². The first-order valence-electron chi connectivity index (χ1n) is 9.59. The Morgan fingerprint density at radius 1 is 1.23 bits per heavy atom. The molecule has 7 heteroatoms. The number of thiazole rings is 1. The number of piperidine rings is 1. The average molecular weight is 375 g/mol. The van der Waals surface area contributed by atoms with E-state index in [9.17, 15) is 10.1 Å². The molecule has 3 heterocycles. The third-order valence-corrected chi connectivity index (χ3v) is 6.99. The van der Waals surface area contributed by atoms with Crippen LogP contribution < -0.4 is 4.90 Å². The van der Waals surface area contributed by atoms with E-state index in [1.165, 1.54) is 0 Å². The van der Waals surface area contributed by atoms with Gasteiger partial charge in [0.15, 0.2) is 5.13 Å². The van der Waals surface area contributed by atoms with Gasteiger partial charge in [0.2, 0.25) is 5.91 Å². The van der Waals surface area contributed by atoms with Gasteiger partial charge in [-0.2, -0.15) is 5.26 Å². The van der Waals surface area contributed by atoms with Gasteiger partial charge < -0.3 is 14.5 Å². The molecule has 3 aliphatic rings. The summed E-state index contributed by atoms with van der Waals surface area (Å²) in [6, 6.07) is 2.37. The summed E-state index contributed by atoms with van der Waals surface area (Å²) >= 11 is 1.65. The van der Waals surface area contributed by atoms with Crippen LogP contribution in [0, 0.1) is 22.2 Å². The zero-order valence-electron chi connectivity index (χ0n) is 15.2. The van der Waals surface area contributed by atoms with Crippen molar-refractivity contribution in [3.63, 3.8) is 0 Å². The molecule has 1 atom stereocenters. The van der Waals surface area contributed by atoms with Gasteiger partial charge >= 0.3 is 0 Å². The van der Waals surface area contributed by atoms with E-state index in [1.54, 1.807) is 11.3 Å². The molecular formula is C19H26N4O2S. The zero-order chi connectivity index (χ0) is 18.0. The van der Waals surface area contributed by atoms with Crippen LogP contribution in [-0.2, 0) is 9.53 Å². The smallest absolute Gasteiger partial charge is 0.243 e. The predicted octanol–water partition coefficient (Wildman–Crippen LogP) is 2.67. The van der Waals surface area contributed by atoms with Crippen LogP contribution in [0.2, 0.25) is 0 Å². The van der Waals surface area contributed by atoms with Crippen molar-refractivity contribution in [2.45, 2.75) is 38.5 Å². The van der Waals surface area contributed by atoms with E-state index in [0.717, 1.165) is 50.4 Å². The number of anilines is 1. The highest BCUT2D eigenvalue weighted by Gasteiger charge is 2.48. The Kier molecular flexibility index (Phi) is 4.89. The molecule has 6 nitrogen and oxygen atoms in total. The topological polar surface area (TPSA) is 69.5 Å². The molecule has 1 saturated carbocycles. The fourth-order valence-corrected chi connectivity index (χ4v) is 5.48. The number of likely N-dealkylation sites (tertiary alicyclic amines) is 1. The van der Waals surface area contributed by atoms with Crippen LogP contribution in [0.4, 0.5) is 5.13 Å². The first-order chi connectivity index (χ1) is 12.7. The second kappa shape index (κ2) is 7.16. The number of aromatic nitrogens is 1. The van der Waals surface area contributed by atoms with Gasteiger partial charge in [0.1, 0.15) is 5.41 Å². The molecule has 4 rings (SSSR count). The summed E-state index contributed by atoms with van der Waals surface area (Å²) < 4.78 is 5.95. The maximum atomic E-state index is 13.2. The molecule has 0 radical (unpaired) electrons. The van der Waals surface area contributed by atoms with Crippen LogP contribution >= 0.6 is 11.3 Å². The standard InChI is InChI=1S/C19H26N4O2S/c20-12-19(5-1-2-6-19)16(24)22-8-3-4-18(13-22)14-23(9-10-25-15-18)17-21-7-11-26-17/h7,11H,1-6,8-10,13-15H2. The van der Waals surface area contributed by atoms with Gasteiger partial charge in [-0.05, 0) is 25.7 Å². The maximum Gasteiger partial charge on any atom is 0.243 e. The number of ether oxygens (including phenoxy) is 1. The van der Waals surface area contributed by atoms with Crippen molar-refractivity contribution in [2.24, 2.45) is 10.8 Å². The molecular weight excluding hydrogens is 348 g/mol. The minimum absolute atomic E-state index is 0.0571. The minimum atomic E-state index is -0.779. The van der Waals surface area contributed by atoms with Gasteiger partial charge in [0.05, 0.1) is 19.3 Å². The summed E-state index contributed by atoms with van der Waals surface area (Å²) in [4.78, 5) is 22.0. The Labute approximate surface area is 158 Å². The van der Waals surface area contributed by atoms with E-state index in [4.69, 9.17) is 4.74 Å². The summed E-state index contributed by atoms with van der Waals surface area (Å²) in [5.74, 6) is 0.0571. The Bertz CT molecular complexity index is 680. The quantitative estimate of drug-likeness (QED) is 0.796. The third-order valence-electron chi connectivity index (χ3n) is 6.16. The van der Waals surface area contributed by atoms with Gasteiger partial charge in [-0.3, -0.25) is 4.79 Å². The Morgan fingerprint density at radius 2 is 2.08 bits per heavy atom. The van der Waals surface area contributed by atoms with Gasteiger partial charge in [-0.15, -0.1) is 11.3 Å². The Balaban J connectivity index is 1.53. The monoisotopic (exact) mass is 374 g/mol. The van der Waals surface area contributed by atoms with Gasteiger partial charge in [-0.25, -0.2) is 4.98 Å². The highest BCUT2D eigenvalue weighted by molar-refractivity contribution is 7.13. The molecule has 0 bridgehead atoms. The number of hydrogen-bond acceptors (Lipinski definition) is 6. The molecule has 1 aromatic rings. The summed E-state index contributed by atoms with van der Waals surface area (Å²) in [6.07, 6.45) is 7.27. The molecule has 1 aliphatic carbocycles. The molecule has 2 aliphatic heterocycles. The molecule has 140 valence electrons. The van der Waals surface area contributed by atoms with E-state index < -0.39 is 5.41 Å². The van der Waals surface area contributed by atoms with Crippen LogP contribution in [0.5, 0.6) is 0 Å². The summed E-state index contributed by atoms with van der Waals surface area (Å²) in [5.41, 5.74) is -0.843.